The fourth-order valence-corrected chi connectivity index (χ4v) is 5.12. The highest BCUT2D eigenvalue weighted by Crippen LogP contribution is 2.55. The van der Waals surface area contributed by atoms with Gasteiger partial charge in [-0.05, 0) is 63.2 Å². The summed E-state index contributed by atoms with van der Waals surface area (Å²) in [6, 6.07) is 7.05. The highest BCUT2D eigenvalue weighted by Gasteiger charge is 2.52. The van der Waals surface area contributed by atoms with Crippen LogP contribution in [-0.4, -0.2) is 24.5 Å². The largest absolute Gasteiger partial charge is 0.303 e. The molecule has 1 aromatic carbocycles. The first-order valence-electron chi connectivity index (χ1n) is 9.29. The van der Waals surface area contributed by atoms with Crippen molar-refractivity contribution in [2.45, 2.75) is 56.9 Å². The van der Waals surface area contributed by atoms with Crippen molar-refractivity contribution in [3.05, 3.63) is 34.9 Å². The van der Waals surface area contributed by atoms with Gasteiger partial charge in [0.25, 0.3) is 0 Å². The van der Waals surface area contributed by atoms with Gasteiger partial charge < -0.3 is 4.90 Å². The van der Waals surface area contributed by atoms with Crippen LogP contribution < -0.4 is 0 Å². The Morgan fingerprint density at radius 2 is 2.26 bits per heavy atom. The van der Waals surface area contributed by atoms with Crippen LogP contribution in [0.3, 0.4) is 0 Å². The quantitative estimate of drug-likeness (QED) is 0.642. The van der Waals surface area contributed by atoms with Gasteiger partial charge in [-0.3, -0.25) is 0 Å². The lowest BCUT2D eigenvalue weighted by Gasteiger charge is -2.58. The first kappa shape index (κ1) is 9.18. The SMILES string of the molecule is [2H][13C]([2H])([2H])N1CC[C@@]23CCCC[C@@H]2[C@@H]1Cc1ccc(C)cc13. The van der Waals surface area contributed by atoms with Crippen molar-refractivity contribution in [2.24, 2.45) is 5.92 Å². The van der Waals surface area contributed by atoms with Crippen LogP contribution in [0.4, 0.5) is 0 Å². The molecule has 1 nitrogen and oxygen atoms in total. The molecule has 0 N–H and O–H groups in total. The molecule has 2 fully saturated rings. The first-order valence-corrected chi connectivity index (χ1v) is 7.79. The molecule has 4 rings (SSSR count). The molecule has 2 bridgehead atoms. The molecule has 3 aliphatic rings. The van der Waals surface area contributed by atoms with Crippen LogP contribution >= 0.6 is 0 Å². The molecule has 0 unspecified atom stereocenters. The average molecular weight is 259 g/mol. The Hall–Kier alpha value is -0.820. The molecule has 1 saturated heterocycles. The number of aryl methyl sites for hydroxylation is 1. The molecule has 1 aromatic rings. The van der Waals surface area contributed by atoms with E-state index in [1.807, 2.05) is 4.90 Å². The maximum absolute atomic E-state index is 7.93. The first-order chi connectivity index (χ1) is 10.4. The van der Waals surface area contributed by atoms with Crippen LogP contribution in [0, 0.1) is 12.8 Å². The molecule has 19 heavy (non-hydrogen) atoms. The van der Waals surface area contributed by atoms with E-state index in [1.165, 1.54) is 36.8 Å². The van der Waals surface area contributed by atoms with E-state index in [4.69, 9.17) is 4.11 Å². The van der Waals surface area contributed by atoms with E-state index in [0.29, 0.717) is 5.92 Å². The molecule has 0 amide bonds. The third-order valence-corrected chi connectivity index (χ3v) is 5.99. The molecule has 0 aromatic heterocycles. The van der Waals surface area contributed by atoms with E-state index >= 15 is 0 Å². The van der Waals surface area contributed by atoms with Crippen molar-refractivity contribution in [2.75, 3.05) is 13.5 Å². The highest BCUT2D eigenvalue weighted by molar-refractivity contribution is 5.43. The Labute approximate surface area is 121 Å². The van der Waals surface area contributed by atoms with E-state index in [2.05, 4.69) is 25.1 Å². The molecule has 0 radical (unpaired) electrons. The smallest absolute Gasteiger partial charge is 0.0394 e. The molecule has 0 spiro atoms. The topological polar surface area (TPSA) is 3.24 Å². The monoisotopic (exact) mass is 259 g/mol. The molecular formula is C18H25N. The number of rotatable bonds is 0. The number of hydrogen-bond donors (Lipinski definition) is 0. The molecule has 1 heteroatoms. The summed E-state index contributed by atoms with van der Waals surface area (Å²) in [7, 11) is 0. The van der Waals surface area contributed by atoms with E-state index in [1.54, 1.807) is 5.56 Å². The lowest BCUT2D eigenvalue weighted by Crippen LogP contribution is -2.59. The van der Waals surface area contributed by atoms with Gasteiger partial charge in [0, 0.05) is 15.6 Å². The Kier molecular flexibility index (Phi) is 1.97. The van der Waals surface area contributed by atoms with Gasteiger partial charge in [-0.25, -0.2) is 0 Å². The van der Waals surface area contributed by atoms with Gasteiger partial charge in [0.15, 0.2) is 0 Å². The number of fused-ring (bicyclic) bond motifs is 1. The Morgan fingerprint density at radius 3 is 3.16 bits per heavy atom. The van der Waals surface area contributed by atoms with Crippen LogP contribution in [0.2, 0.25) is 0 Å². The third-order valence-electron chi connectivity index (χ3n) is 5.99. The normalized spacial score (nSPS) is 40.6. The highest BCUT2D eigenvalue weighted by atomic mass is 15.2. The fourth-order valence-electron chi connectivity index (χ4n) is 5.12. The van der Waals surface area contributed by atoms with Gasteiger partial charge in [-0.15, -0.1) is 0 Å². The van der Waals surface area contributed by atoms with Crippen molar-refractivity contribution in [3.8, 4) is 0 Å². The summed E-state index contributed by atoms with van der Waals surface area (Å²) < 4.78 is 23.8. The summed E-state index contributed by atoms with van der Waals surface area (Å²) in [6.45, 7) is 0.958. The van der Waals surface area contributed by atoms with Crippen molar-refractivity contribution in [1.82, 2.24) is 4.90 Å². The average Bonchev–Trinajstić information content (AvgIpc) is 2.47. The summed E-state index contributed by atoms with van der Waals surface area (Å²) >= 11 is 0. The number of nitrogens with zero attached hydrogens (tertiary/aromatic N) is 1. The second-order valence-corrected chi connectivity index (χ2v) is 6.88. The lowest BCUT2D eigenvalue weighted by molar-refractivity contribution is 0.00283. The maximum atomic E-state index is 7.93. The summed E-state index contributed by atoms with van der Waals surface area (Å²) in [5, 5.41) is 0. The van der Waals surface area contributed by atoms with E-state index in [9.17, 15) is 0 Å². The van der Waals surface area contributed by atoms with Gasteiger partial charge in [-0.2, -0.15) is 0 Å². The molecule has 3 atom stereocenters. The Morgan fingerprint density at radius 1 is 1.32 bits per heavy atom. The number of piperidine rings is 1. The number of likely N-dealkylation sites (tertiary alicyclic amines) is 1. The van der Waals surface area contributed by atoms with Crippen LogP contribution in [0.25, 0.3) is 0 Å². The number of hydrogen-bond acceptors (Lipinski definition) is 1. The third kappa shape index (κ3) is 1.57. The van der Waals surface area contributed by atoms with Crippen LogP contribution in [-0.2, 0) is 11.8 Å². The molecule has 1 saturated carbocycles. The van der Waals surface area contributed by atoms with Crippen molar-refractivity contribution >= 4 is 0 Å². The van der Waals surface area contributed by atoms with E-state index in [0.717, 1.165) is 19.4 Å². The van der Waals surface area contributed by atoms with Gasteiger partial charge in [0.2, 0.25) is 0 Å². The van der Waals surface area contributed by atoms with Gasteiger partial charge >= 0.3 is 0 Å². The summed E-state index contributed by atoms with van der Waals surface area (Å²) in [6.07, 6.45) is 6.94. The van der Waals surface area contributed by atoms with Crippen LogP contribution in [0.15, 0.2) is 18.2 Å². The Bertz CT molecular complexity index is 594. The minimum Gasteiger partial charge on any atom is -0.303 e. The molecular weight excluding hydrogens is 231 g/mol. The lowest BCUT2D eigenvalue weighted by atomic mass is 9.52. The van der Waals surface area contributed by atoms with Crippen molar-refractivity contribution in [3.63, 3.8) is 0 Å². The minimum absolute atomic E-state index is 0.205. The van der Waals surface area contributed by atoms with E-state index in [-0.39, 0.29) is 11.5 Å². The van der Waals surface area contributed by atoms with E-state index < -0.39 is 6.98 Å². The van der Waals surface area contributed by atoms with Crippen molar-refractivity contribution in [1.29, 1.82) is 0 Å². The van der Waals surface area contributed by atoms with Crippen molar-refractivity contribution < 1.29 is 4.11 Å². The van der Waals surface area contributed by atoms with Gasteiger partial charge in [0.1, 0.15) is 0 Å². The zero-order valence-electron chi connectivity index (χ0n) is 14.8. The summed E-state index contributed by atoms with van der Waals surface area (Å²) in [4.78, 5) is 1.84. The minimum atomic E-state index is -1.95. The second kappa shape index (κ2) is 4.09. The van der Waals surface area contributed by atoms with Crippen LogP contribution in [0.1, 0.15) is 52.9 Å². The number of benzene rings is 1. The van der Waals surface area contributed by atoms with Gasteiger partial charge in [-0.1, -0.05) is 36.6 Å². The predicted octanol–water partition coefficient (Wildman–Crippen LogP) is 3.68. The standard InChI is InChI=1S/C18H25N/c1-13-6-7-14-12-17-15-5-3-4-8-18(15,16(14)11-13)9-10-19(17)2/h6-7,11,15,17H,3-5,8-10,12H2,1-2H3/t15-,17+,18+/m1/s1/i2+1D3. The fraction of sp³-hybridized carbons (Fsp3) is 0.667. The Balaban J connectivity index is 1.85. The van der Waals surface area contributed by atoms with Gasteiger partial charge in [0.05, 0.1) is 0 Å². The zero-order chi connectivity index (χ0) is 15.5. The molecule has 1 aliphatic heterocycles. The predicted molar refractivity (Wildman–Crippen MR) is 79.6 cm³/mol. The second-order valence-electron chi connectivity index (χ2n) is 6.88. The molecule has 2 aliphatic carbocycles. The van der Waals surface area contributed by atoms with Crippen LogP contribution in [0.5, 0.6) is 0 Å². The number of likely N-dealkylation sites (N-methyl/N-ethyl adjacent to an activating group) is 1. The summed E-state index contributed by atoms with van der Waals surface area (Å²) in [5.74, 6) is 0.532. The zero-order valence-corrected chi connectivity index (χ0v) is 11.8. The molecule has 1 heterocycles. The maximum Gasteiger partial charge on any atom is 0.0394 e. The molecule has 102 valence electrons. The summed E-state index contributed by atoms with van der Waals surface area (Å²) in [5.41, 5.74) is 4.56.